The number of pyridine rings is 1. The van der Waals surface area contributed by atoms with E-state index in [4.69, 9.17) is 0 Å². The van der Waals surface area contributed by atoms with Gasteiger partial charge in [0.2, 0.25) is 0 Å². The molecule has 0 spiro atoms. The number of fused-ring (bicyclic) bond motifs is 1. The second-order valence-electron chi connectivity index (χ2n) is 4.92. The summed E-state index contributed by atoms with van der Waals surface area (Å²) in [5, 5.41) is 1.27. The number of aromatic nitrogens is 1. The lowest BCUT2D eigenvalue weighted by molar-refractivity contribution is 0.458. The summed E-state index contributed by atoms with van der Waals surface area (Å²) in [7, 11) is 0. The van der Waals surface area contributed by atoms with Crippen LogP contribution in [0.3, 0.4) is 0 Å². The highest BCUT2D eigenvalue weighted by Gasteiger charge is 2.21. The lowest BCUT2D eigenvalue weighted by Gasteiger charge is -2.25. The van der Waals surface area contributed by atoms with E-state index >= 15 is 0 Å². The van der Waals surface area contributed by atoms with Crippen molar-refractivity contribution in [2.45, 2.75) is 36.4 Å². The Bertz CT molecular complexity index is 523. The molecule has 0 bridgehead atoms. The molecule has 1 heterocycles. The van der Waals surface area contributed by atoms with E-state index in [9.17, 15) is 0 Å². The number of halogens is 1. The van der Waals surface area contributed by atoms with Crippen LogP contribution in [0.4, 0.5) is 0 Å². The third-order valence-electron chi connectivity index (χ3n) is 3.69. The second-order valence-corrected chi connectivity index (χ2v) is 6.22. The first kappa shape index (κ1) is 11.2. The van der Waals surface area contributed by atoms with Crippen LogP contribution in [0.5, 0.6) is 0 Å². The van der Waals surface area contributed by atoms with Crippen molar-refractivity contribution in [2.75, 3.05) is 0 Å². The Morgan fingerprint density at radius 2 is 2.06 bits per heavy atom. The zero-order valence-corrected chi connectivity index (χ0v) is 11.4. The standard InChI is InChI=1S/C15H16BrN/c16-14-6-3-5-11(9-14)13-8-12-4-1-2-7-15(12)17-10-13/h1-2,4,7-8,10-11,14H,3,5-6,9H2. The Kier molecular flexibility index (Phi) is 3.15. The highest BCUT2D eigenvalue weighted by Crippen LogP contribution is 2.36. The van der Waals surface area contributed by atoms with Crippen LogP contribution < -0.4 is 0 Å². The summed E-state index contributed by atoms with van der Waals surface area (Å²) in [5.74, 6) is 0.685. The van der Waals surface area contributed by atoms with Gasteiger partial charge >= 0.3 is 0 Å². The van der Waals surface area contributed by atoms with Gasteiger partial charge in [0, 0.05) is 16.4 Å². The minimum Gasteiger partial charge on any atom is -0.256 e. The molecular formula is C15H16BrN. The van der Waals surface area contributed by atoms with Crippen molar-refractivity contribution in [2.24, 2.45) is 0 Å². The monoisotopic (exact) mass is 289 g/mol. The minimum atomic E-state index is 0.685. The quantitative estimate of drug-likeness (QED) is 0.696. The average Bonchev–Trinajstić information content (AvgIpc) is 2.38. The molecule has 0 radical (unpaired) electrons. The number of nitrogens with zero attached hydrogens (tertiary/aromatic N) is 1. The number of alkyl halides is 1. The van der Waals surface area contributed by atoms with Gasteiger partial charge in [0.1, 0.15) is 0 Å². The van der Waals surface area contributed by atoms with Crippen molar-refractivity contribution < 1.29 is 0 Å². The van der Waals surface area contributed by atoms with Crippen LogP contribution in [-0.2, 0) is 0 Å². The molecule has 3 rings (SSSR count). The van der Waals surface area contributed by atoms with Crippen molar-refractivity contribution >= 4 is 26.8 Å². The van der Waals surface area contributed by atoms with Crippen LogP contribution in [-0.4, -0.2) is 9.81 Å². The first-order chi connectivity index (χ1) is 8.33. The van der Waals surface area contributed by atoms with Gasteiger partial charge in [0.25, 0.3) is 0 Å². The summed E-state index contributed by atoms with van der Waals surface area (Å²) in [6, 6.07) is 10.7. The van der Waals surface area contributed by atoms with Crippen LogP contribution in [0.25, 0.3) is 10.9 Å². The van der Waals surface area contributed by atoms with E-state index in [1.54, 1.807) is 0 Å². The Labute approximate surface area is 110 Å². The van der Waals surface area contributed by atoms with Gasteiger partial charge in [0.05, 0.1) is 5.52 Å². The summed E-state index contributed by atoms with van der Waals surface area (Å²) in [6.45, 7) is 0. The predicted octanol–water partition coefficient (Wildman–Crippen LogP) is 4.66. The Balaban J connectivity index is 1.94. The molecule has 0 amide bonds. The van der Waals surface area contributed by atoms with E-state index in [1.807, 2.05) is 6.07 Å². The number of benzene rings is 1. The maximum Gasteiger partial charge on any atom is 0.0702 e. The van der Waals surface area contributed by atoms with Gasteiger partial charge in [-0.1, -0.05) is 40.5 Å². The molecule has 1 aromatic heterocycles. The molecule has 0 saturated heterocycles. The van der Waals surface area contributed by atoms with E-state index in [1.165, 1.54) is 36.6 Å². The molecule has 2 aromatic rings. The SMILES string of the molecule is BrC1CCCC(c2cnc3ccccc3c2)C1. The van der Waals surface area contributed by atoms with E-state index < -0.39 is 0 Å². The molecule has 1 aliphatic rings. The molecule has 0 N–H and O–H groups in total. The number of hydrogen-bond donors (Lipinski definition) is 0. The van der Waals surface area contributed by atoms with Gasteiger partial charge in [-0.2, -0.15) is 0 Å². The Morgan fingerprint density at radius 1 is 1.18 bits per heavy atom. The molecule has 1 aromatic carbocycles. The van der Waals surface area contributed by atoms with Crippen LogP contribution in [0.1, 0.15) is 37.2 Å². The highest BCUT2D eigenvalue weighted by atomic mass is 79.9. The lowest BCUT2D eigenvalue weighted by Crippen LogP contribution is -2.13. The number of hydrogen-bond acceptors (Lipinski definition) is 1. The van der Waals surface area contributed by atoms with Crippen molar-refractivity contribution in [1.29, 1.82) is 0 Å². The van der Waals surface area contributed by atoms with Gasteiger partial charge in [-0.25, -0.2) is 0 Å². The van der Waals surface area contributed by atoms with E-state index in [-0.39, 0.29) is 0 Å². The molecule has 1 nitrogen and oxygen atoms in total. The summed E-state index contributed by atoms with van der Waals surface area (Å²) < 4.78 is 0. The number of rotatable bonds is 1. The average molecular weight is 290 g/mol. The smallest absolute Gasteiger partial charge is 0.0702 e. The molecule has 0 aliphatic heterocycles. The zero-order chi connectivity index (χ0) is 11.7. The van der Waals surface area contributed by atoms with Gasteiger partial charge in [0.15, 0.2) is 0 Å². The molecular weight excluding hydrogens is 274 g/mol. The molecule has 2 atom stereocenters. The van der Waals surface area contributed by atoms with E-state index in [2.05, 4.69) is 51.4 Å². The Morgan fingerprint density at radius 3 is 2.94 bits per heavy atom. The third-order valence-corrected chi connectivity index (χ3v) is 4.52. The van der Waals surface area contributed by atoms with Crippen LogP contribution in [0, 0.1) is 0 Å². The molecule has 2 heteroatoms. The van der Waals surface area contributed by atoms with Crippen molar-refractivity contribution in [3.63, 3.8) is 0 Å². The molecule has 1 fully saturated rings. The maximum atomic E-state index is 4.57. The summed E-state index contributed by atoms with van der Waals surface area (Å²) in [6.07, 6.45) is 7.27. The van der Waals surface area contributed by atoms with Crippen molar-refractivity contribution in [3.05, 3.63) is 42.1 Å². The Hall–Kier alpha value is -0.890. The summed E-state index contributed by atoms with van der Waals surface area (Å²) in [4.78, 5) is 5.25. The third kappa shape index (κ3) is 2.37. The summed E-state index contributed by atoms with van der Waals surface area (Å²) >= 11 is 3.76. The largest absolute Gasteiger partial charge is 0.256 e. The van der Waals surface area contributed by atoms with E-state index in [0.29, 0.717) is 10.7 Å². The first-order valence-corrected chi connectivity index (χ1v) is 7.23. The fourth-order valence-corrected chi connectivity index (χ4v) is 3.52. The van der Waals surface area contributed by atoms with E-state index in [0.717, 1.165) is 5.52 Å². The van der Waals surface area contributed by atoms with Gasteiger partial charge in [-0.05, 0) is 42.9 Å². The highest BCUT2D eigenvalue weighted by molar-refractivity contribution is 9.09. The van der Waals surface area contributed by atoms with Crippen LogP contribution >= 0.6 is 15.9 Å². The first-order valence-electron chi connectivity index (χ1n) is 6.32. The topological polar surface area (TPSA) is 12.9 Å². The van der Waals surface area contributed by atoms with Gasteiger partial charge in [-0.15, -0.1) is 0 Å². The second kappa shape index (κ2) is 4.77. The lowest BCUT2D eigenvalue weighted by atomic mass is 9.84. The zero-order valence-electron chi connectivity index (χ0n) is 9.77. The van der Waals surface area contributed by atoms with Crippen LogP contribution in [0.15, 0.2) is 36.5 Å². The molecule has 1 saturated carbocycles. The normalized spacial score (nSPS) is 25.0. The molecule has 2 unspecified atom stereocenters. The van der Waals surface area contributed by atoms with Crippen LogP contribution in [0.2, 0.25) is 0 Å². The number of para-hydroxylation sites is 1. The molecule has 88 valence electrons. The predicted molar refractivity (Wildman–Crippen MR) is 75.7 cm³/mol. The van der Waals surface area contributed by atoms with Crippen molar-refractivity contribution in [3.8, 4) is 0 Å². The van der Waals surface area contributed by atoms with Gasteiger partial charge < -0.3 is 0 Å². The molecule has 1 aliphatic carbocycles. The maximum absolute atomic E-state index is 4.57. The minimum absolute atomic E-state index is 0.685. The summed E-state index contributed by atoms with van der Waals surface area (Å²) in [5.41, 5.74) is 2.51. The molecule has 17 heavy (non-hydrogen) atoms. The fraction of sp³-hybridized carbons (Fsp3) is 0.400. The van der Waals surface area contributed by atoms with Crippen molar-refractivity contribution in [1.82, 2.24) is 4.98 Å². The fourth-order valence-electron chi connectivity index (χ4n) is 2.74. The van der Waals surface area contributed by atoms with Gasteiger partial charge in [-0.3, -0.25) is 4.98 Å².